The zero-order valence-electron chi connectivity index (χ0n) is 23.3. The first-order chi connectivity index (χ1) is 19.7. The van der Waals surface area contributed by atoms with Crippen LogP contribution in [0.2, 0.25) is 0 Å². The highest BCUT2D eigenvalue weighted by molar-refractivity contribution is 14.1. The molecule has 3 unspecified atom stereocenters. The van der Waals surface area contributed by atoms with Gasteiger partial charge in [0.05, 0.1) is 29.9 Å². The summed E-state index contributed by atoms with van der Waals surface area (Å²) in [5.41, 5.74) is 1.63. The van der Waals surface area contributed by atoms with Crippen LogP contribution in [0.4, 0.5) is 4.39 Å². The monoisotopic (exact) mass is 684 g/mol. The highest BCUT2D eigenvalue weighted by Gasteiger charge is 2.40. The van der Waals surface area contributed by atoms with Crippen LogP contribution in [0.25, 0.3) is 0 Å². The molecule has 0 radical (unpaired) electrons. The fraction of sp³-hybridized carbons (Fsp3) is 0.467. The molecule has 0 aliphatic heterocycles. The Kier molecular flexibility index (Phi) is 12.8. The van der Waals surface area contributed by atoms with Crippen LogP contribution in [0.3, 0.4) is 0 Å². The van der Waals surface area contributed by atoms with E-state index in [9.17, 15) is 29.3 Å². The van der Waals surface area contributed by atoms with Crippen molar-refractivity contribution >= 4 is 34.4 Å². The summed E-state index contributed by atoms with van der Waals surface area (Å²) in [4.78, 5) is 28.1. The number of unbranched alkanes of at least 4 members (excludes halogenated alkanes) is 1. The number of carbonyl (C=O) groups is 2. The van der Waals surface area contributed by atoms with E-state index in [1.807, 2.05) is 29.5 Å². The molecule has 0 bridgehead atoms. The maximum atomic E-state index is 13.8. The number of benzene rings is 2. The predicted octanol–water partition coefficient (Wildman–Crippen LogP) is 3.11. The molecule has 0 saturated heterocycles. The Labute approximate surface area is 253 Å². The molecule has 3 atom stereocenters. The first-order valence-corrected chi connectivity index (χ1v) is 14.8. The smallest absolute Gasteiger partial charge is 0.247 e. The van der Waals surface area contributed by atoms with E-state index < -0.39 is 24.2 Å². The fourth-order valence-corrected chi connectivity index (χ4v) is 5.58. The van der Waals surface area contributed by atoms with Crippen LogP contribution in [0.15, 0.2) is 48.0 Å². The number of ether oxygens (including phenoxy) is 2. The van der Waals surface area contributed by atoms with E-state index in [-0.39, 0.29) is 50.9 Å². The number of halogens is 2. The van der Waals surface area contributed by atoms with Crippen molar-refractivity contribution in [1.29, 1.82) is 0 Å². The van der Waals surface area contributed by atoms with Crippen LogP contribution in [0.5, 0.6) is 11.5 Å². The average Bonchev–Trinajstić information content (AvgIpc) is 2.97. The fourth-order valence-electron chi connectivity index (χ4n) is 4.78. The Morgan fingerprint density at radius 1 is 1.20 bits per heavy atom. The molecule has 0 saturated carbocycles. The minimum absolute atomic E-state index is 0.0436. The Bertz CT molecular complexity index is 1230. The van der Waals surface area contributed by atoms with Gasteiger partial charge in [-0.1, -0.05) is 25.5 Å². The van der Waals surface area contributed by atoms with Gasteiger partial charge in [0.15, 0.2) is 11.5 Å². The molecule has 41 heavy (non-hydrogen) atoms. The molecule has 2 aromatic rings. The Morgan fingerprint density at radius 2 is 1.98 bits per heavy atom. The number of aliphatic hydroxyl groups is 3. The van der Waals surface area contributed by atoms with Crippen molar-refractivity contribution < 1.29 is 38.8 Å². The number of amides is 2. The Hall–Kier alpha value is -2.74. The van der Waals surface area contributed by atoms with Gasteiger partial charge in [-0.2, -0.15) is 0 Å². The molecular formula is C30H38FIN2O7. The summed E-state index contributed by atoms with van der Waals surface area (Å²) in [6.07, 6.45) is 1.44. The third kappa shape index (κ3) is 8.87. The van der Waals surface area contributed by atoms with E-state index in [1.54, 1.807) is 29.2 Å². The van der Waals surface area contributed by atoms with E-state index in [1.165, 1.54) is 25.3 Å². The Balaban J connectivity index is 1.99. The van der Waals surface area contributed by atoms with Gasteiger partial charge in [-0.05, 0) is 76.9 Å². The number of hydrogen-bond acceptors (Lipinski definition) is 7. The lowest BCUT2D eigenvalue weighted by Crippen LogP contribution is -2.55. The number of nitrogens with one attached hydrogen (secondary N) is 1. The summed E-state index contributed by atoms with van der Waals surface area (Å²) < 4.78 is 26.2. The number of carbonyl (C=O) groups excluding carboxylic acids is 2. The highest BCUT2D eigenvalue weighted by atomic mass is 127. The van der Waals surface area contributed by atoms with Gasteiger partial charge in [-0.25, -0.2) is 4.39 Å². The summed E-state index contributed by atoms with van der Waals surface area (Å²) in [6, 6.07) is 8.70. The van der Waals surface area contributed by atoms with E-state index >= 15 is 0 Å². The minimum Gasteiger partial charge on any atom is -0.493 e. The van der Waals surface area contributed by atoms with Crippen LogP contribution < -0.4 is 14.8 Å². The number of methoxy groups -OCH3 is 1. The molecule has 1 aliphatic carbocycles. The molecule has 0 heterocycles. The summed E-state index contributed by atoms with van der Waals surface area (Å²) in [5, 5.41) is 33.1. The van der Waals surface area contributed by atoms with Gasteiger partial charge < -0.3 is 35.0 Å². The molecule has 2 amide bonds. The van der Waals surface area contributed by atoms with Crippen molar-refractivity contribution in [1.82, 2.24) is 10.2 Å². The van der Waals surface area contributed by atoms with Crippen LogP contribution in [-0.2, 0) is 22.6 Å². The molecular weight excluding hydrogens is 646 g/mol. The largest absolute Gasteiger partial charge is 0.493 e. The van der Waals surface area contributed by atoms with Crippen molar-refractivity contribution in [2.45, 2.75) is 63.9 Å². The zero-order valence-corrected chi connectivity index (χ0v) is 25.5. The average molecular weight is 685 g/mol. The van der Waals surface area contributed by atoms with Gasteiger partial charge in [0.25, 0.3) is 0 Å². The van der Waals surface area contributed by atoms with Gasteiger partial charge in [0.2, 0.25) is 11.8 Å². The van der Waals surface area contributed by atoms with Gasteiger partial charge in [0.1, 0.15) is 18.0 Å². The van der Waals surface area contributed by atoms with Crippen molar-refractivity contribution in [2.75, 3.05) is 26.8 Å². The van der Waals surface area contributed by atoms with Crippen molar-refractivity contribution in [3.8, 4) is 11.5 Å². The van der Waals surface area contributed by atoms with E-state index in [0.29, 0.717) is 44.6 Å². The van der Waals surface area contributed by atoms with E-state index in [2.05, 4.69) is 5.32 Å². The molecule has 0 spiro atoms. The number of aliphatic hydroxyl groups excluding tert-OH is 3. The minimum atomic E-state index is -1.21. The second-order valence-corrected chi connectivity index (χ2v) is 11.0. The standard InChI is InChI=1S/C30H38FIN2O7/c1-3-4-8-27(37)34(11-9-19-6-5-7-22(31)13-19)24-16-21(30(39)33-10-12-35)17-25(28(24)38)41-29-23(32)14-20(18-36)15-26(29)40-2/h5-7,13-15,17,24-25,28,35-36,38H,3-4,8-12,16,18H2,1-2H3,(H,33,39). The van der Waals surface area contributed by atoms with Crippen LogP contribution in [0.1, 0.15) is 43.7 Å². The first-order valence-electron chi connectivity index (χ1n) is 13.7. The molecule has 224 valence electrons. The third-order valence-corrected chi connectivity index (χ3v) is 7.74. The molecule has 1 aliphatic rings. The summed E-state index contributed by atoms with van der Waals surface area (Å²) in [5.74, 6) is -0.323. The normalized spacial score (nSPS) is 18.4. The Morgan fingerprint density at radius 3 is 2.63 bits per heavy atom. The van der Waals surface area contributed by atoms with Gasteiger partial charge in [-0.3, -0.25) is 9.59 Å². The SMILES string of the molecule is CCCCC(=O)N(CCc1cccc(F)c1)C1CC(C(=O)NCCO)=CC(Oc2c(I)cc(CO)cc2OC)C1O. The lowest BCUT2D eigenvalue weighted by Gasteiger charge is -2.41. The van der Waals surface area contributed by atoms with Crippen LogP contribution >= 0.6 is 22.6 Å². The molecule has 0 fully saturated rings. The molecule has 11 heteroatoms. The topological polar surface area (TPSA) is 129 Å². The maximum Gasteiger partial charge on any atom is 0.247 e. The molecule has 0 aromatic heterocycles. The lowest BCUT2D eigenvalue weighted by molar-refractivity contribution is -0.138. The lowest BCUT2D eigenvalue weighted by atomic mass is 9.87. The van der Waals surface area contributed by atoms with Gasteiger partial charge in [0, 0.05) is 31.5 Å². The number of rotatable bonds is 14. The number of nitrogens with zero attached hydrogens (tertiary/aromatic N) is 1. The van der Waals surface area contributed by atoms with Crippen molar-refractivity contribution in [3.63, 3.8) is 0 Å². The van der Waals surface area contributed by atoms with Gasteiger partial charge in [-0.15, -0.1) is 0 Å². The second-order valence-electron chi connectivity index (χ2n) is 9.85. The predicted molar refractivity (Wildman–Crippen MR) is 160 cm³/mol. The van der Waals surface area contributed by atoms with E-state index in [0.717, 1.165) is 6.42 Å². The van der Waals surface area contributed by atoms with Crippen LogP contribution in [-0.4, -0.2) is 77.1 Å². The van der Waals surface area contributed by atoms with Crippen molar-refractivity contribution in [2.24, 2.45) is 0 Å². The highest BCUT2D eigenvalue weighted by Crippen LogP contribution is 2.37. The molecule has 2 aromatic carbocycles. The first kappa shape index (κ1) is 32.8. The molecule has 3 rings (SSSR count). The summed E-state index contributed by atoms with van der Waals surface area (Å²) in [7, 11) is 1.46. The van der Waals surface area contributed by atoms with Crippen LogP contribution in [0, 0.1) is 9.39 Å². The summed E-state index contributed by atoms with van der Waals surface area (Å²) in [6.45, 7) is 1.79. The molecule has 9 nitrogen and oxygen atoms in total. The van der Waals surface area contributed by atoms with Gasteiger partial charge >= 0.3 is 0 Å². The van der Waals surface area contributed by atoms with E-state index in [4.69, 9.17) is 9.47 Å². The quantitative estimate of drug-likeness (QED) is 0.225. The second kappa shape index (κ2) is 16.0. The number of hydrogen-bond donors (Lipinski definition) is 4. The third-order valence-electron chi connectivity index (χ3n) is 6.94. The van der Waals surface area contributed by atoms with Crippen molar-refractivity contribution in [3.05, 3.63) is 68.6 Å². The maximum absolute atomic E-state index is 13.8. The zero-order chi connectivity index (χ0) is 29.9. The summed E-state index contributed by atoms with van der Waals surface area (Å²) >= 11 is 2.04. The molecule has 4 N–H and O–H groups in total.